The van der Waals surface area contributed by atoms with Gasteiger partial charge in [-0.2, -0.15) is 0 Å². The number of amides is 1. The lowest BCUT2D eigenvalue weighted by atomic mass is 9.75. The van der Waals surface area contributed by atoms with Gasteiger partial charge in [0.2, 0.25) is 0 Å². The first-order valence-electron chi connectivity index (χ1n) is 3.91. The second-order valence-corrected chi connectivity index (χ2v) is 4.69. The Labute approximate surface area is 77.9 Å². The van der Waals surface area contributed by atoms with E-state index in [1.54, 1.807) is 0 Å². The van der Waals surface area contributed by atoms with Gasteiger partial charge in [-0.15, -0.1) is 0 Å². The fourth-order valence-corrected chi connectivity index (χ4v) is 1.37. The zero-order valence-corrected chi connectivity index (χ0v) is 8.63. The number of thiocarbonyl (C=S) groups is 1. The van der Waals surface area contributed by atoms with Crippen molar-refractivity contribution in [3.63, 3.8) is 0 Å². The Morgan fingerprint density at radius 1 is 1.42 bits per heavy atom. The average Bonchev–Trinajstić information content (AvgIpc) is 2.06. The van der Waals surface area contributed by atoms with Gasteiger partial charge in [0, 0.05) is 0 Å². The molecule has 3 nitrogen and oxygen atoms in total. The van der Waals surface area contributed by atoms with Crippen LogP contribution >= 0.6 is 12.2 Å². The molecule has 0 aromatic rings. The van der Waals surface area contributed by atoms with Crippen LogP contribution in [0.4, 0.5) is 0 Å². The Morgan fingerprint density at radius 3 is 2.08 bits per heavy atom. The lowest BCUT2D eigenvalue weighted by Crippen LogP contribution is -2.54. The molecule has 1 aliphatic heterocycles. The number of carbonyl (C=O) groups is 1. The maximum Gasteiger partial charge on any atom is 0.252 e. The van der Waals surface area contributed by atoms with Crippen molar-refractivity contribution in [2.75, 3.05) is 0 Å². The molecule has 1 aliphatic rings. The van der Waals surface area contributed by atoms with E-state index in [0.29, 0.717) is 5.11 Å². The van der Waals surface area contributed by atoms with E-state index in [-0.39, 0.29) is 11.3 Å². The third-order valence-electron chi connectivity index (χ3n) is 2.54. The summed E-state index contributed by atoms with van der Waals surface area (Å²) >= 11 is 4.87. The highest BCUT2D eigenvalue weighted by Gasteiger charge is 2.48. The molecule has 0 bridgehead atoms. The molecular weight excluding hydrogens is 172 g/mol. The topological polar surface area (TPSA) is 41.1 Å². The van der Waals surface area contributed by atoms with Crippen LogP contribution in [0.2, 0.25) is 0 Å². The molecule has 1 amide bonds. The summed E-state index contributed by atoms with van der Waals surface area (Å²) in [5, 5.41) is 6.01. The van der Waals surface area contributed by atoms with Crippen molar-refractivity contribution in [1.82, 2.24) is 10.6 Å². The van der Waals surface area contributed by atoms with E-state index >= 15 is 0 Å². The molecule has 68 valence electrons. The number of carbonyl (C=O) groups excluding carboxylic acids is 1. The first-order chi connectivity index (χ1) is 5.27. The normalized spacial score (nSPS) is 30.0. The van der Waals surface area contributed by atoms with Crippen LogP contribution in [0.3, 0.4) is 0 Å². The van der Waals surface area contributed by atoms with E-state index in [2.05, 4.69) is 10.6 Å². The first-order valence-corrected chi connectivity index (χ1v) is 4.32. The fourth-order valence-electron chi connectivity index (χ4n) is 1.07. The molecule has 4 heteroatoms. The Hall–Kier alpha value is -0.640. The second kappa shape index (κ2) is 2.42. The fraction of sp³-hybridized carbons (Fsp3) is 0.750. The van der Waals surface area contributed by atoms with E-state index in [4.69, 9.17) is 12.2 Å². The summed E-state index contributed by atoms with van der Waals surface area (Å²) in [5.41, 5.74) is -0.721. The van der Waals surface area contributed by atoms with Gasteiger partial charge in [0.1, 0.15) is 5.54 Å². The van der Waals surface area contributed by atoms with E-state index in [0.717, 1.165) is 0 Å². The molecule has 0 aromatic heterocycles. The van der Waals surface area contributed by atoms with Crippen LogP contribution in [0.25, 0.3) is 0 Å². The molecule has 0 spiro atoms. The molecule has 0 unspecified atom stereocenters. The number of nitrogens with one attached hydrogen (secondary N) is 2. The molecule has 2 N–H and O–H groups in total. The van der Waals surface area contributed by atoms with Gasteiger partial charge in [0.25, 0.3) is 5.91 Å². The highest BCUT2D eigenvalue weighted by Crippen LogP contribution is 2.32. The van der Waals surface area contributed by atoms with Crippen LogP contribution in [-0.2, 0) is 4.79 Å². The van der Waals surface area contributed by atoms with Crippen LogP contribution in [-0.4, -0.2) is 16.6 Å². The van der Waals surface area contributed by atoms with Gasteiger partial charge in [-0.3, -0.25) is 4.79 Å². The molecule has 1 atom stereocenters. The number of rotatable bonds is 0. The lowest BCUT2D eigenvalue weighted by molar-refractivity contribution is -0.126. The molecule has 1 rings (SSSR count). The third kappa shape index (κ3) is 1.20. The van der Waals surface area contributed by atoms with Gasteiger partial charge in [0.05, 0.1) is 0 Å². The summed E-state index contributed by atoms with van der Waals surface area (Å²) < 4.78 is 0. The molecule has 0 aliphatic carbocycles. The van der Waals surface area contributed by atoms with Gasteiger partial charge >= 0.3 is 0 Å². The van der Waals surface area contributed by atoms with Crippen molar-refractivity contribution in [3.05, 3.63) is 0 Å². The van der Waals surface area contributed by atoms with Crippen molar-refractivity contribution in [2.45, 2.75) is 33.2 Å². The van der Waals surface area contributed by atoms with Crippen LogP contribution in [0.15, 0.2) is 0 Å². The minimum absolute atomic E-state index is 0.0417. The molecule has 0 saturated carbocycles. The highest BCUT2D eigenvalue weighted by atomic mass is 32.1. The van der Waals surface area contributed by atoms with E-state index in [1.165, 1.54) is 0 Å². The molecular formula is C8H14N2OS. The maximum absolute atomic E-state index is 11.5. The Bertz CT molecular complexity index is 244. The minimum Gasteiger partial charge on any atom is -0.348 e. The van der Waals surface area contributed by atoms with E-state index < -0.39 is 5.54 Å². The molecule has 1 fully saturated rings. The predicted molar refractivity (Wildman–Crippen MR) is 51.7 cm³/mol. The Kier molecular flexibility index (Phi) is 1.91. The zero-order valence-electron chi connectivity index (χ0n) is 7.82. The highest BCUT2D eigenvalue weighted by molar-refractivity contribution is 7.80. The lowest BCUT2D eigenvalue weighted by Gasteiger charge is -2.35. The van der Waals surface area contributed by atoms with Crippen molar-refractivity contribution < 1.29 is 4.79 Å². The summed E-state index contributed by atoms with van der Waals surface area (Å²) in [6.45, 7) is 7.89. The SMILES string of the molecule is CC(C)(C)[C@]1(C)NC(=S)NC1=O. The van der Waals surface area contributed by atoms with Gasteiger partial charge in [0.15, 0.2) is 5.11 Å². The summed E-state index contributed by atoms with van der Waals surface area (Å²) in [7, 11) is 0. The van der Waals surface area contributed by atoms with Crippen LogP contribution in [0.1, 0.15) is 27.7 Å². The molecule has 1 heterocycles. The minimum atomic E-state index is -0.579. The summed E-state index contributed by atoms with van der Waals surface area (Å²) in [6, 6.07) is 0. The zero-order chi connectivity index (χ0) is 9.57. The van der Waals surface area contributed by atoms with E-state index in [9.17, 15) is 4.79 Å². The summed E-state index contributed by atoms with van der Waals surface area (Å²) in [4.78, 5) is 11.5. The van der Waals surface area contributed by atoms with Gasteiger partial charge in [-0.05, 0) is 24.6 Å². The van der Waals surface area contributed by atoms with Crippen molar-refractivity contribution in [3.8, 4) is 0 Å². The predicted octanol–water partition coefficient (Wildman–Crippen LogP) is 0.795. The van der Waals surface area contributed by atoms with Gasteiger partial charge in [-0.1, -0.05) is 20.8 Å². The third-order valence-corrected chi connectivity index (χ3v) is 2.75. The monoisotopic (exact) mass is 186 g/mol. The smallest absolute Gasteiger partial charge is 0.252 e. The quantitative estimate of drug-likeness (QED) is 0.550. The Balaban J connectivity index is 3.00. The van der Waals surface area contributed by atoms with E-state index in [1.807, 2.05) is 27.7 Å². The Morgan fingerprint density at radius 2 is 1.92 bits per heavy atom. The first kappa shape index (κ1) is 9.45. The summed E-state index contributed by atoms with van der Waals surface area (Å²) in [5.74, 6) is -0.0417. The van der Waals surface area contributed by atoms with Gasteiger partial charge in [-0.25, -0.2) is 0 Å². The van der Waals surface area contributed by atoms with Crippen molar-refractivity contribution in [1.29, 1.82) is 0 Å². The standard InChI is InChI=1S/C8H14N2OS/c1-7(2,3)8(4)5(11)9-6(12)10-8/h1-4H3,(H2,9,10,11,12)/t8-/m1/s1. The molecule has 12 heavy (non-hydrogen) atoms. The number of hydrogen-bond acceptors (Lipinski definition) is 2. The van der Waals surface area contributed by atoms with Gasteiger partial charge < -0.3 is 10.6 Å². The van der Waals surface area contributed by atoms with Crippen molar-refractivity contribution >= 4 is 23.2 Å². The maximum atomic E-state index is 11.5. The number of hydrogen-bond donors (Lipinski definition) is 2. The second-order valence-electron chi connectivity index (χ2n) is 4.28. The van der Waals surface area contributed by atoms with Crippen LogP contribution < -0.4 is 10.6 Å². The van der Waals surface area contributed by atoms with Crippen molar-refractivity contribution in [2.24, 2.45) is 5.41 Å². The largest absolute Gasteiger partial charge is 0.348 e. The summed E-state index contributed by atoms with van der Waals surface area (Å²) in [6.07, 6.45) is 0. The van der Waals surface area contributed by atoms with Crippen LogP contribution in [0.5, 0.6) is 0 Å². The van der Waals surface area contributed by atoms with Crippen LogP contribution in [0, 0.1) is 5.41 Å². The average molecular weight is 186 g/mol. The molecule has 0 aromatic carbocycles. The molecule has 1 saturated heterocycles. The molecule has 0 radical (unpaired) electrons.